The Morgan fingerprint density at radius 1 is 1.23 bits per heavy atom. The summed E-state index contributed by atoms with van der Waals surface area (Å²) in [5.41, 5.74) is -1.82. The first-order chi connectivity index (χ1) is 19.0. The number of nitrogens with zero attached hydrogens (tertiary/aromatic N) is 3. The Kier molecular flexibility index (Phi) is 7.19. The quantitative estimate of drug-likeness (QED) is 0.333. The third-order valence-electron chi connectivity index (χ3n) is 10.7. The first-order valence-corrected chi connectivity index (χ1v) is 14.2. The minimum atomic E-state index is -0.759. The van der Waals surface area contributed by atoms with Crippen LogP contribution >= 0.6 is 0 Å². The SMILES string of the molecule is C=C[C@]1(C)C[C@@H](OC(=O)c2cccn(N=Cc3cccnc3)c2=O)[C@]2(C)C(C)CC[C@]3(CCC(=O)C32)[C@@H](C)[C@@H]1O. The third kappa shape index (κ3) is 4.28. The second-order valence-corrected chi connectivity index (χ2v) is 12.6. The molecule has 0 aliphatic heterocycles. The Morgan fingerprint density at radius 3 is 2.70 bits per heavy atom. The van der Waals surface area contributed by atoms with E-state index < -0.39 is 34.6 Å². The first-order valence-electron chi connectivity index (χ1n) is 14.2. The van der Waals surface area contributed by atoms with Gasteiger partial charge in [-0.15, -0.1) is 6.58 Å². The van der Waals surface area contributed by atoms with Gasteiger partial charge in [0.25, 0.3) is 5.56 Å². The number of rotatable bonds is 5. The number of pyridine rings is 2. The zero-order valence-electron chi connectivity index (χ0n) is 23.7. The molecule has 0 spiro atoms. The lowest BCUT2D eigenvalue weighted by molar-refractivity contribution is -0.192. The molecule has 3 fully saturated rings. The lowest BCUT2D eigenvalue weighted by atomic mass is 9.44. The maximum Gasteiger partial charge on any atom is 0.344 e. The van der Waals surface area contributed by atoms with E-state index in [2.05, 4.69) is 37.4 Å². The summed E-state index contributed by atoms with van der Waals surface area (Å²) in [6, 6.07) is 6.58. The van der Waals surface area contributed by atoms with E-state index in [-0.39, 0.29) is 34.5 Å². The van der Waals surface area contributed by atoms with Crippen molar-refractivity contribution in [3.8, 4) is 0 Å². The molecule has 8 atom stereocenters. The lowest BCUT2D eigenvalue weighted by Crippen LogP contribution is -2.63. The van der Waals surface area contributed by atoms with Crippen molar-refractivity contribution < 1.29 is 19.4 Å². The van der Waals surface area contributed by atoms with Crippen LogP contribution in [0, 0.1) is 34.0 Å². The van der Waals surface area contributed by atoms with E-state index in [9.17, 15) is 19.5 Å². The first kappa shape index (κ1) is 28.1. The molecular weight excluding hydrogens is 506 g/mol. The molecule has 2 aromatic rings. The minimum Gasteiger partial charge on any atom is -0.458 e. The zero-order chi connectivity index (χ0) is 28.9. The molecule has 40 heavy (non-hydrogen) atoms. The molecule has 2 aromatic heterocycles. The third-order valence-corrected chi connectivity index (χ3v) is 10.7. The molecule has 212 valence electrons. The molecule has 3 aliphatic carbocycles. The Balaban J connectivity index is 1.54. The second-order valence-electron chi connectivity index (χ2n) is 12.6. The van der Waals surface area contributed by atoms with Crippen molar-refractivity contribution in [2.75, 3.05) is 0 Å². The number of Topliss-reactive ketones (excluding diaryl/α,β-unsaturated/α-hetero) is 1. The number of aliphatic hydroxyl groups is 1. The normalized spacial score (nSPS) is 37.4. The molecule has 8 nitrogen and oxygen atoms in total. The summed E-state index contributed by atoms with van der Waals surface area (Å²) in [6.07, 6.45) is 9.74. The maximum atomic E-state index is 13.7. The Labute approximate surface area is 235 Å². The smallest absolute Gasteiger partial charge is 0.344 e. The van der Waals surface area contributed by atoms with Crippen LogP contribution in [0.4, 0.5) is 0 Å². The van der Waals surface area contributed by atoms with Gasteiger partial charge in [-0.1, -0.05) is 39.8 Å². The Hall–Kier alpha value is -3.39. The predicted molar refractivity (Wildman–Crippen MR) is 152 cm³/mol. The molecule has 2 heterocycles. The van der Waals surface area contributed by atoms with Gasteiger partial charge in [0.15, 0.2) is 0 Å². The van der Waals surface area contributed by atoms with Crippen LogP contribution in [0.1, 0.15) is 75.7 Å². The summed E-state index contributed by atoms with van der Waals surface area (Å²) in [5.74, 6) is -0.932. The zero-order valence-corrected chi connectivity index (χ0v) is 23.7. The van der Waals surface area contributed by atoms with Gasteiger partial charge < -0.3 is 9.84 Å². The number of hydrogen-bond donors (Lipinski definition) is 1. The summed E-state index contributed by atoms with van der Waals surface area (Å²) < 4.78 is 7.37. The summed E-state index contributed by atoms with van der Waals surface area (Å²) in [4.78, 5) is 44.6. The summed E-state index contributed by atoms with van der Waals surface area (Å²) in [5, 5.41) is 15.9. The molecule has 8 heteroatoms. The van der Waals surface area contributed by atoms with Gasteiger partial charge in [0.05, 0.1) is 12.3 Å². The van der Waals surface area contributed by atoms with Gasteiger partial charge in [-0.2, -0.15) is 5.10 Å². The van der Waals surface area contributed by atoms with Crippen molar-refractivity contribution in [1.29, 1.82) is 0 Å². The molecule has 0 radical (unpaired) electrons. The number of ketones is 1. The minimum absolute atomic E-state index is 0.0958. The van der Waals surface area contributed by atoms with Gasteiger partial charge in [0, 0.05) is 47.3 Å². The average molecular weight is 546 g/mol. The second kappa shape index (κ2) is 10.2. The van der Waals surface area contributed by atoms with Crippen molar-refractivity contribution in [1.82, 2.24) is 9.66 Å². The maximum absolute atomic E-state index is 13.7. The van der Waals surface area contributed by atoms with Crippen LogP contribution in [0.3, 0.4) is 0 Å². The molecule has 5 rings (SSSR count). The van der Waals surface area contributed by atoms with E-state index >= 15 is 0 Å². The topological polar surface area (TPSA) is 111 Å². The van der Waals surface area contributed by atoms with E-state index in [0.29, 0.717) is 18.4 Å². The molecule has 3 aliphatic rings. The van der Waals surface area contributed by atoms with Crippen molar-refractivity contribution in [2.24, 2.45) is 39.1 Å². The fraction of sp³-hybridized carbons (Fsp3) is 0.531. The van der Waals surface area contributed by atoms with E-state index in [1.165, 1.54) is 18.5 Å². The van der Waals surface area contributed by atoms with Crippen LogP contribution in [-0.2, 0) is 9.53 Å². The summed E-state index contributed by atoms with van der Waals surface area (Å²) in [6.45, 7) is 12.3. The van der Waals surface area contributed by atoms with Crippen LogP contribution in [0.5, 0.6) is 0 Å². The van der Waals surface area contributed by atoms with Gasteiger partial charge in [0.2, 0.25) is 0 Å². The fourth-order valence-corrected chi connectivity index (χ4v) is 8.00. The molecule has 0 aromatic carbocycles. The van der Waals surface area contributed by atoms with Gasteiger partial charge >= 0.3 is 5.97 Å². The molecule has 2 unspecified atom stereocenters. The largest absolute Gasteiger partial charge is 0.458 e. The highest BCUT2D eigenvalue weighted by atomic mass is 16.5. The van der Waals surface area contributed by atoms with E-state index in [0.717, 1.165) is 23.9 Å². The van der Waals surface area contributed by atoms with Crippen LogP contribution < -0.4 is 5.56 Å². The molecule has 0 amide bonds. The number of carbonyl (C=O) groups excluding carboxylic acids is 2. The van der Waals surface area contributed by atoms with Crippen LogP contribution in [0.15, 0.2) is 65.4 Å². The molecule has 3 saturated carbocycles. The number of carbonyl (C=O) groups is 2. The van der Waals surface area contributed by atoms with Gasteiger partial charge in [-0.05, 0) is 61.1 Å². The predicted octanol–water partition coefficient (Wildman–Crippen LogP) is 4.65. The van der Waals surface area contributed by atoms with E-state index in [4.69, 9.17) is 4.74 Å². The number of esters is 1. The van der Waals surface area contributed by atoms with Crippen LogP contribution in [0.2, 0.25) is 0 Å². The molecular formula is C32H39N3O5. The van der Waals surface area contributed by atoms with Crippen molar-refractivity contribution >= 4 is 18.0 Å². The van der Waals surface area contributed by atoms with Crippen molar-refractivity contribution in [2.45, 2.75) is 72.0 Å². The van der Waals surface area contributed by atoms with Crippen LogP contribution in [-0.4, -0.2) is 44.9 Å². The molecule has 1 N–H and O–H groups in total. The van der Waals surface area contributed by atoms with Crippen molar-refractivity contribution in [3.05, 3.63) is 77.0 Å². The van der Waals surface area contributed by atoms with Crippen molar-refractivity contribution in [3.63, 3.8) is 0 Å². The Bertz CT molecular complexity index is 1400. The average Bonchev–Trinajstić information content (AvgIpc) is 3.31. The molecule has 0 saturated heterocycles. The van der Waals surface area contributed by atoms with Gasteiger partial charge in [-0.3, -0.25) is 14.6 Å². The number of aliphatic hydroxyl groups excluding tert-OH is 1. The van der Waals surface area contributed by atoms with Gasteiger partial charge in [-0.25, -0.2) is 9.47 Å². The van der Waals surface area contributed by atoms with Crippen LogP contribution in [0.25, 0.3) is 0 Å². The number of ether oxygens (including phenoxy) is 1. The summed E-state index contributed by atoms with van der Waals surface area (Å²) in [7, 11) is 0. The number of hydrogen-bond acceptors (Lipinski definition) is 7. The monoisotopic (exact) mass is 545 g/mol. The van der Waals surface area contributed by atoms with E-state index in [1.54, 1.807) is 36.7 Å². The highest BCUT2D eigenvalue weighted by molar-refractivity contribution is 5.89. The van der Waals surface area contributed by atoms with Gasteiger partial charge in [0.1, 0.15) is 17.5 Å². The molecule has 2 bridgehead atoms. The highest BCUT2D eigenvalue weighted by Gasteiger charge is 2.68. The lowest BCUT2D eigenvalue weighted by Gasteiger charge is -2.61. The number of aromatic nitrogens is 2. The highest BCUT2D eigenvalue weighted by Crippen LogP contribution is 2.68. The fourth-order valence-electron chi connectivity index (χ4n) is 8.00. The Morgan fingerprint density at radius 2 is 2.00 bits per heavy atom. The standard InChI is InChI=1S/C32H39N3O5/c1-6-30(4)17-25(31(5)20(2)11-13-32(21(3)27(30)37)14-12-24(36)26(31)32)40-29(39)23-10-8-16-35(28(23)38)34-19-22-9-7-15-33-18-22/h6-10,15-16,18-21,25-27,37H,1,11-14,17H2,2-5H3/t20?,21-,25+,26?,27-,30+,31-,32-/m0/s1. The van der Waals surface area contributed by atoms with E-state index in [1.807, 2.05) is 6.92 Å². The summed E-state index contributed by atoms with van der Waals surface area (Å²) >= 11 is 0.